The van der Waals surface area contributed by atoms with Gasteiger partial charge in [-0.3, -0.25) is 0 Å². The van der Waals surface area contributed by atoms with E-state index in [-0.39, 0.29) is 6.61 Å². The van der Waals surface area contributed by atoms with Gasteiger partial charge >= 0.3 is 0 Å². The lowest BCUT2D eigenvalue weighted by molar-refractivity contribution is 0.295. The Balaban J connectivity index is 2.71. The Bertz CT molecular complexity index is 351. The Morgan fingerprint density at radius 2 is 1.85 bits per heavy atom. The zero-order chi connectivity index (χ0) is 14.8. The third-order valence-corrected chi connectivity index (χ3v) is 3.43. The van der Waals surface area contributed by atoms with Crippen LogP contribution in [0, 0.1) is 0 Å². The highest BCUT2D eigenvalue weighted by atomic mass is 16.3. The topological polar surface area (TPSA) is 61.3 Å². The zero-order valence-corrected chi connectivity index (χ0v) is 13.0. The minimum atomic E-state index is 0.125. The fourth-order valence-electron chi connectivity index (χ4n) is 2.28. The van der Waals surface area contributed by atoms with E-state index in [0.29, 0.717) is 18.5 Å². The van der Waals surface area contributed by atoms with E-state index in [1.54, 1.807) is 0 Å². The van der Waals surface area contributed by atoms with Crippen LogP contribution in [0.5, 0.6) is 0 Å². The molecule has 5 heteroatoms. The number of anilines is 1. The molecule has 0 aromatic carbocycles. The van der Waals surface area contributed by atoms with Gasteiger partial charge in [0.2, 0.25) is 5.95 Å². The van der Waals surface area contributed by atoms with Crippen molar-refractivity contribution in [3.8, 4) is 0 Å². The van der Waals surface area contributed by atoms with Crippen LogP contribution in [-0.2, 0) is 6.54 Å². The molecule has 1 heterocycles. The van der Waals surface area contributed by atoms with Gasteiger partial charge in [-0.1, -0.05) is 20.8 Å². The lowest BCUT2D eigenvalue weighted by atomic mass is 10.1. The van der Waals surface area contributed by atoms with E-state index in [1.165, 1.54) is 0 Å². The Hall–Kier alpha value is -1.20. The summed E-state index contributed by atoms with van der Waals surface area (Å²) in [4.78, 5) is 11.0. The smallest absolute Gasteiger partial charge is 0.225 e. The molecule has 0 aliphatic heterocycles. The average molecular weight is 280 g/mol. The van der Waals surface area contributed by atoms with Crippen molar-refractivity contribution in [2.75, 3.05) is 24.6 Å². The standard InChI is InChI=1S/C15H28N4O/c1-4-7-16-10-13-11-17-15(18-12-13)19(8-9-20)14(5-2)6-3/h11-12,14,16,20H,4-10H2,1-3H3. The van der Waals surface area contributed by atoms with E-state index in [1.807, 2.05) is 12.4 Å². The maximum absolute atomic E-state index is 9.23. The average Bonchev–Trinajstić information content (AvgIpc) is 2.49. The fraction of sp³-hybridized carbons (Fsp3) is 0.733. The summed E-state index contributed by atoms with van der Waals surface area (Å²) in [6.07, 6.45) is 6.92. The number of hydrogen-bond donors (Lipinski definition) is 2. The number of aliphatic hydroxyl groups excluding tert-OH is 1. The van der Waals surface area contributed by atoms with Crippen LogP contribution in [0.1, 0.15) is 45.6 Å². The number of nitrogens with zero attached hydrogens (tertiary/aromatic N) is 3. The lowest BCUT2D eigenvalue weighted by Crippen LogP contribution is -2.38. The van der Waals surface area contributed by atoms with Gasteiger partial charge in [-0.25, -0.2) is 9.97 Å². The largest absolute Gasteiger partial charge is 0.395 e. The predicted molar refractivity (Wildman–Crippen MR) is 82.8 cm³/mol. The van der Waals surface area contributed by atoms with Gasteiger partial charge in [0.15, 0.2) is 0 Å². The van der Waals surface area contributed by atoms with Crippen LogP contribution in [0.4, 0.5) is 5.95 Å². The van der Waals surface area contributed by atoms with Crippen LogP contribution in [0.2, 0.25) is 0 Å². The Labute approximate surface area is 122 Å². The summed E-state index contributed by atoms with van der Waals surface area (Å²) >= 11 is 0. The van der Waals surface area contributed by atoms with Crippen LogP contribution in [0.25, 0.3) is 0 Å². The molecule has 2 N–H and O–H groups in total. The summed E-state index contributed by atoms with van der Waals surface area (Å²) < 4.78 is 0. The molecule has 0 radical (unpaired) electrons. The Morgan fingerprint density at radius 1 is 1.20 bits per heavy atom. The number of rotatable bonds is 10. The number of aromatic nitrogens is 2. The highest BCUT2D eigenvalue weighted by Crippen LogP contribution is 2.15. The molecule has 0 atom stereocenters. The lowest BCUT2D eigenvalue weighted by Gasteiger charge is -2.29. The van der Waals surface area contributed by atoms with Gasteiger partial charge in [-0.15, -0.1) is 0 Å². The van der Waals surface area contributed by atoms with Gasteiger partial charge in [0, 0.05) is 37.1 Å². The number of nitrogens with one attached hydrogen (secondary N) is 1. The van der Waals surface area contributed by atoms with Gasteiger partial charge in [-0.05, 0) is 25.8 Å². The van der Waals surface area contributed by atoms with Crippen molar-refractivity contribution in [2.24, 2.45) is 0 Å². The molecule has 5 nitrogen and oxygen atoms in total. The Morgan fingerprint density at radius 3 is 2.35 bits per heavy atom. The summed E-state index contributed by atoms with van der Waals surface area (Å²) in [5.41, 5.74) is 1.09. The van der Waals surface area contributed by atoms with Crippen LogP contribution in [0.15, 0.2) is 12.4 Å². The molecule has 114 valence electrons. The van der Waals surface area contributed by atoms with Gasteiger partial charge in [-0.2, -0.15) is 0 Å². The van der Waals surface area contributed by atoms with Gasteiger partial charge in [0.05, 0.1) is 6.61 Å². The van der Waals surface area contributed by atoms with Crippen molar-refractivity contribution in [1.82, 2.24) is 15.3 Å². The first-order valence-electron chi connectivity index (χ1n) is 7.65. The number of aliphatic hydroxyl groups is 1. The van der Waals surface area contributed by atoms with Crippen LogP contribution in [-0.4, -0.2) is 40.8 Å². The number of hydrogen-bond acceptors (Lipinski definition) is 5. The molecule has 0 saturated heterocycles. The van der Waals surface area contributed by atoms with Crippen LogP contribution < -0.4 is 10.2 Å². The van der Waals surface area contributed by atoms with Gasteiger partial charge < -0.3 is 15.3 Å². The Kier molecular flexibility index (Phi) is 8.14. The molecule has 1 rings (SSSR count). The summed E-state index contributed by atoms with van der Waals surface area (Å²) in [6, 6.07) is 0.381. The van der Waals surface area contributed by atoms with E-state index in [0.717, 1.165) is 37.9 Å². The summed E-state index contributed by atoms with van der Waals surface area (Å²) in [5, 5.41) is 12.6. The quantitative estimate of drug-likeness (QED) is 0.642. The van der Waals surface area contributed by atoms with E-state index >= 15 is 0 Å². The van der Waals surface area contributed by atoms with Gasteiger partial charge in [0.25, 0.3) is 0 Å². The normalized spacial score (nSPS) is 11.1. The highest BCUT2D eigenvalue weighted by Gasteiger charge is 2.17. The van der Waals surface area contributed by atoms with E-state index in [9.17, 15) is 5.11 Å². The SMILES string of the molecule is CCCNCc1cnc(N(CCO)C(CC)CC)nc1. The first kappa shape index (κ1) is 16.9. The second-order valence-corrected chi connectivity index (χ2v) is 4.96. The third-order valence-electron chi connectivity index (χ3n) is 3.43. The van der Waals surface area contributed by atoms with Crippen LogP contribution >= 0.6 is 0 Å². The predicted octanol–water partition coefficient (Wildman–Crippen LogP) is 1.96. The molecule has 0 saturated carbocycles. The molecule has 0 aliphatic carbocycles. The molecule has 1 aromatic heterocycles. The molecular weight excluding hydrogens is 252 g/mol. The molecule has 20 heavy (non-hydrogen) atoms. The summed E-state index contributed by atoms with van der Waals surface area (Å²) in [7, 11) is 0. The molecule has 0 aliphatic rings. The third kappa shape index (κ3) is 5.06. The van der Waals surface area contributed by atoms with Crippen molar-refractivity contribution in [1.29, 1.82) is 0 Å². The molecule has 0 bridgehead atoms. The first-order chi connectivity index (χ1) is 9.76. The monoisotopic (exact) mass is 280 g/mol. The molecule has 0 unspecified atom stereocenters. The second-order valence-electron chi connectivity index (χ2n) is 4.96. The van der Waals surface area contributed by atoms with Crippen molar-refractivity contribution in [3.63, 3.8) is 0 Å². The van der Waals surface area contributed by atoms with Gasteiger partial charge in [0.1, 0.15) is 0 Å². The highest BCUT2D eigenvalue weighted by molar-refractivity contribution is 5.31. The van der Waals surface area contributed by atoms with E-state index < -0.39 is 0 Å². The molecule has 0 fully saturated rings. The maximum atomic E-state index is 9.23. The van der Waals surface area contributed by atoms with E-state index in [4.69, 9.17) is 0 Å². The van der Waals surface area contributed by atoms with Crippen molar-refractivity contribution < 1.29 is 5.11 Å². The van der Waals surface area contributed by atoms with Crippen LogP contribution in [0.3, 0.4) is 0 Å². The minimum absolute atomic E-state index is 0.125. The molecule has 0 amide bonds. The fourth-order valence-corrected chi connectivity index (χ4v) is 2.28. The first-order valence-corrected chi connectivity index (χ1v) is 7.65. The second kappa shape index (κ2) is 9.66. The van der Waals surface area contributed by atoms with Crippen molar-refractivity contribution in [2.45, 2.75) is 52.6 Å². The summed E-state index contributed by atoms with van der Waals surface area (Å²) in [5.74, 6) is 0.715. The zero-order valence-electron chi connectivity index (χ0n) is 13.0. The molecular formula is C15H28N4O. The maximum Gasteiger partial charge on any atom is 0.225 e. The minimum Gasteiger partial charge on any atom is -0.395 e. The summed E-state index contributed by atoms with van der Waals surface area (Å²) in [6.45, 7) is 8.98. The van der Waals surface area contributed by atoms with E-state index in [2.05, 4.69) is 41.0 Å². The molecule has 0 spiro atoms. The van der Waals surface area contributed by atoms with Crippen molar-refractivity contribution >= 4 is 5.95 Å². The van der Waals surface area contributed by atoms with Crippen molar-refractivity contribution in [3.05, 3.63) is 18.0 Å². The molecule has 1 aromatic rings.